The van der Waals surface area contributed by atoms with Crippen molar-refractivity contribution >= 4 is 17.3 Å². The van der Waals surface area contributed by atoms with Crippen LogP contribution in [0.3, 0.4) is 0 Å². The van der Waals surface area contributed by atoms with Gasteiger partial charge in [0.15, 0.2) is 0 Å². The molecular weight excluding hydrogens is 212 g/mol. The van der Waals surface area contributed by atoms with Crippen LogP contribution >= 0.6 is 0 Å². The largest absolute Gasteiger partial charge is 0.396 e. The molecule has 0 bridgehead atoms. The third kappa shape index (κ3) is 3.02. The number of pyridine rings is 1. The minimum absolute atomic E-state index is 0.407. The van der Waals surface area contributed by atoms with Crippen molar-refractivity contribution in [1.29, 1.82) is 0 Å². The van der Waals surface area contributed by atoms with Gasteiger partial charge in [-0.25, -0.2) is 4.98 Å². The average molecular weight is 234 g/mol. The molecule has 0 spiro atoms. The molecule has 1 fully saturated rings. The van der Waals surface area contributed by atoms with Gasteiger partial charge >= 0.3 is 0 Å². The van der Waals surface area contributed by atoms with E-state index in [1.165, 1.54) is 25.7 Å². The summed E-state index contributed by atoms with van der Waals surface area (Å²) >= 11 is 0. The maximum atomic E-state index is 5.70. The summed E-state index contributed by atoms with van der Waals surface area (Å²) in [5, 5.41) is 3.46. The van der Waals surface area contributed by atoms with Crippen molar-refractivity contribution in [1.82, 2.24) is 4.98 Å². The summed E-state index contributed by atoms with van der Waals surface area (Å²) in [6, 6.07) is 4.20. The molecule has 1 unspecified atom stereocenters. The number of anilines is 3. The van der Waals surface area contributed by atoms with Crippen molar-refractivity contribution in [2.45, 2.75) is 45.6 Å². The van der Waals surface area contributed by atoms with E-state index in [-0.39, 0.29) is 0 Å². The number of rotatable bonds is 2. The van der Waals surface area contributed by atoms with Crippen LogP contribution in [0.4, 0.5) is 17.3 Å². The van der Waals surface area contributed by atoms with Crippen LogP contribution in [0.1, 0.15) is 39.5 Å². The Morgan fingerprint density at radius 2 is 2.12 bits per heavy atom. The molecule has 1 heterocycles. The Balaban J connectivity index is 2.03. The molecule has 1 aliphatic rings. The highest BCUT2D eigenvalue weighted by Crippen LogP contribution is 2.36. The number of nitrogens with two attached hydrogens (primary N) is 2. The SMILES string of the molecule is CC1(C)CCCC(Nc2ccc(N)c(N)n2)C1. The van der Waals surface area contributed by atoms with Crippen LogP contribution in [0.15, 0.2) is 12.1 Å². The first-order chi connectivity index (χ1) is 7.96. The predicted octanol–water partition coefficient (Wildman–Crippen LogP) is 2.63. The van der Waals surface area contributed by atoms with Gasteiger partial charge in [-0.15, -0.1) is 0 Å². The quantitative estimate of drug-likeness (QED) is 0.735. The fourth-order valence-electron chi connectivity index (χ4n) is 2.60. The predicted molar refractivity (Wildman–Crippen MR) is 72.7 cm³/mol. The van der Waals surface area contributed by atoms with Gasteiger partial charge in [-0.3, -0.25) is 0 Å². The van der Waals surface area contributed by atoms with Crippen molar-refractivity contribution in [3.63, 3.8) is 0 Å². The molecule has 17 heavy (non-hydrogen) atoms. The van der Waals surface area contributed by atoms with Gasteiger partial charge in [-0.05, 0) is 36.8 Å². The van der Waals surface area contributed by atoms with Crippen LogP contribution in [0.5, 0.6) is 0 Å². The first-order valence-corrected chi connectivity index (χ1v) is 6.25. The first-order valence-electron chi connectivity index (χ1n) is 6.25. The summed E-state index contributed by atoms with van der Waals surface area (Å²) in [6.45, 7) is 4.65. The lowest BCUT2D eigenvalue weighted by atomic mass is 9.75. The highest BCUT2D eigenvalue weighted by Gasteiger charge is 2.27. The Kier molecular flexibility index (Phi) is 3.13. The number of aromatic nitrogens is 1. The van der Waals surface area contributed by atoms with E-state index in [0.717, 1.165) is 5.82 Å². The molecule has 0 aromatic carbocycles. The summed E-state index contributed by atoms with van der Waals surface area (Å²) in [5.74, 6) is 1.24. The number of hydrogen-bond acceptors (Lipinski definition) is 4. The molecule has 0 radical (unpaired) electrons. The van der Waals surface area contributed by atoms with Gasteiger partial charge in [0.1, 0.15) is 11.6 Å². The van der Waals surface area contributed by atoms with E-state index in [1.807, 2.05) is 6.07 Å². The van der Waals surface area contributed by atoms with E-state index in [1.54, 1.807) is 6.07 Å². The lowest BCUT2D eigenvalue weighted by Crippen LogP contribution is -2.32. The Morgan fingerprint density at radius 1 is 1.35 bits per heavy atom. The van der Waals surface area contributed by atoms with Crippen molar-refractivity contribution in [3.8, 4) is 0 Å². The molecule has 5 N–H and O–H groups in total. The zero-order chi connectivity index (χ0) is 12.5. The van der Waals surface area contributed by atoms with Crippen LogP contribution in [0.2, 0.25) is 0 Å². The highest BCUT2D eigenvalue weighted by atomic mass is 15.0. The first kappa shape index (κ1) is 12.0. The van der Waals surface area contributed by atoms with Crippen LogP contribution in [-0.4, -0.2) is 11.0 Å². The molecule has 0 aliphatic heterocycles. The lowest BCUT2D eigenvalue weighted by Gasteiger charge is -2.35. The minimum atomic E-state index is 0.407. The molecule has 2 rings (SSSR count). The summed E-state index contributed by atoms with van der Waals surface area (Å²) < 4.78 is 0. The monoisotopic (exact) mass is 234 g/mol. The topological polar surface area (TPSA) is 77.0 Å². The van der Waals surface area contributed by atoms with Crippen LogP contribution < -0.4 is 16.8 Å². The van der Waals surface area contributed by atoms with E-state index < -0.39 is 0 Å². The smallest absolute Gasteiger partial charge is 0.149 e. The average Bonchev–Trinajstić information content (AvgIpc) is 2.22. The second kappa shape index (κ2) is 4.43. The molecule has 4 nitrogen and oxygen atoms in total. The fraction of sp³-hybridized carbons (Fsp3) is 0.615. The Morgan fingerprint density at radius 3 is 2.76 bits per heavy atom. The molecule has 0 amide bonds. The molecule has 1 saturated carbocycles. The number of nitrogens with zero attached hydrogens (tertiary/aromatic N) is 1. The third-order valence-corrected chi connectivity index (χ3v) is 3.51. The Bertz CT molecular complexity index is 400. The Labute approximate surface area is 103 Å². The number of nitrogens with one attached hydrogen (secondary N) is 1. The molecule has 94 valence electrons. The minimum Gasteiger partial charge on any atom is -0.396 e. The Hall–Kier alpha value is -1.45. The maximum Gasteiger partial charge on any atom is 0.149 e. The molecule has 1 aliphatic carbocycles. The molecule has 1 aromatic rings. The summed E-state index contributed by atoms with van der Waals surface area (Å²) in [6.07, 6.45) is 4.96. The summed E-state index contributed by atoms with van der Waals surface area (Å²) in [5.41, 5.74) is 12.3. The van der Waals surface area contributed by atoms with Gasteiger partial charge in [0.25, 0.3) is 0 Å². The van der Waals surface area contributed by atoms with Gasteiger partial charge in [-0.1, -0.05) is 20.3 Å². The van der Waals surface area contributed by atoms with Crippen molar-refractivity contribution in [2.24, 2.45) is 5.41 Å². The lowest BCUT2D eigenvalue weighted by molar-refractivity contribution is 0.229. The van der Waals surface area contributed by atoms with Gasteiger partial charge in [-0.2, -0.15) is 0 Å². The molecule has 0 saturated heterocycles. The second-order valence-electron chi connectivity index (χ2n) is 5.77. The third-order valence-electron chi connectivity index (χ3n) is 3.51. The van der Waals surface area contributed by atoms with Crippen LogP contribution in [0, 0.1) is 5.41 Å². The highest BCUT2D eigenvalue weighted by molar-refractivity contribution is 5.61. The van der Waals surface area contributed by atoms with Crippen LogP contribution in [-0.2, 0) is 0 Å². The van der Waals surface area contributed by atoms with E-state index in [4.69, 9.17) is 11.5 Å². The van der Waals surface area contributed by atoms with Crippen molar-refractivity contribution < 1.29 is 0 Å². The normalized spacial score (nSPS) is 23.3. The zero-order valence-electron chi connectivity index (χ0n) is 10.7. The van der Waals surface area contributed by atoms with Gasteiger partial charge in [0.05, 0.1) is 5.69 Å². The zero-order valence-corrected chi connectivity index (χ0v) is 10.7. The van der Waals surface area contributed by atoms with Gasteiger partial charge in [0, 0.05) is 6.04 Å². The summed E-state index contributed by atoms with van der Waals surface area (Å²) in [4.78, 5) is 4.26. The van der Waals surface area contributed by atoms with E-state index in [0.29, 0.717) is 23.0 Å². The molecule has 1 atom stereocenters. The van der Waals surface area contributed by atoms with Crippen molar-refractivity contribution in [3.05, 3.63) is 12.1 Å². The van der Waals surface area contributed by atoms with E-state index in [9.17, 15) is 0 Å². The second-order valence-corrected chi connectivity index (χ2v) is 5.77. The van der Waals surface area contributed by atoms with Crippen LogP contribution in [0.25, 0.3) is 0 Å². The summed E-state index contributed by atoms with van der Waals surface area (Å²) in [7, 11) is 0. The number of hydrogen-bond donors (Lipinski definition) is 3. The fourth-order valence-corrected chi connectivity index (χ4v) is 2.60. The standard InChI is InChI=1S/C13H22N4/c1-13(2)7-3-4-9(8-13)16-11-6-5-10(14)12(15)17-11/h5-6,9H,3-4,7-8,14H2,1-2H3,(H3,15,16,17). The maximum absolute atomic E-state index is 5.70. The van der Waals surface area contributed by atoms with E-state index >= 15 is 0 Å². The van der Waals surface area contributed by atoms with Gasteiger partial charge in [0.2, 0.25) is 0 Å². The van der Waals surface area contributed by atoms with Crippen molar-refractivity contribution in [2.75, 3.05) is 16.8 Å². The molecular formula is C13H22N4. The number of nitrogen functional groups attached to an aromatic ring is 2. The van der Waals surface area contributed by atoms with Gasteiger partial charge < -0.3 is 16.8 Å². The van der Waals surface area contributed by atoms with E-state index in [2.05, 4.69) is 24.1 Å². The molecule has 4 heteroatoms. The molecule has 1 aromatic heterocycles.